The number of hydrogen-bond donors (Lipinski definition) is 0. The van der Waals surface area contributed by atoms with Crippen molar-refractivity contribution in [2.24, 2.45) is 17.8 Å². The van der Waals surface area contributed by atoms with Gasteiger partial charge in [-0.2, -0.15) is 0 Å². The zero-order valence-electron chi connectivity index (χ0n) is 20.6. The predicted octanol–water partition coefficient (Wildman–Crippen LogP) is 3.88. The smallest absolute Gasteiger partial charge is 0.329 e. The van der Waals surface area contributed by atoms with Crippen molar-refractivity contribution in [2.75, 3.05) is 6.54 Å². The number of rotatable bonds is 8. The Balaban J connectivity index is 1.79. The van der Waals surface area contributed by atoms with Crippen molar-refractivity contribution in [2.45, 2.75) is 77.5 Å². The first kappa shape index (κ1) is 25.4. The van der Waals surface area contributed by atoms with E-state index in [1.165, 1.54) is 4.90 Å². The first-order valence-electron chi connectivity index (χ1n) is 11.6. The Labute approximate surface area is 196 Å². The summed E-state index contributed by atoms with van der Waals surface area (Å²) in [7, 11) is -2.11. The largest absolute Gasteiger partial charge is 0.459 e. The molecular formula is C24H36N2O6Si. The first-order valence-corrected chi connectivity index (χ1v) is 14.5. The minimum atomic E-state index is -2.11. The van der Waals surface area contributed by atoms with Crippen LogP contribution in [0.3, 0.4) is 0 Å². The van der Waals surface area contributed by atoms with Crippen LogP contribution in [0.2, 0.25) is 18.1 Å². The van der Waals surface area contributed by atoms with Gasteiger partial charge < -0.3 is 14.1 Å². The van der Waals surface area contributed by atoms with Gasteiger partial charge in [0.25, 0.3) is 0 Å². The maximum Gasteiger partial charge on any atom is 0.329 e. The zero-order chi connectivity index (χ0) is 24.7. The summed E-state index contributed by atoms with van der Waals surface area (Å²) < 4.78 is 12.0. The Hall–Kier alpha value is -2.26. The van der Waals surface area contributed by atoms with Gasteiger partial charge in [-0.05, 0) is 36.5 Å². The van der Waals surface area contributed by atoms with Crippen molar-refractivity contribution in [1.29, 1.82) is 0 Å². The second-order valence-electron chi connectivity index (χ2n) is 10.9. The van der Waals surface area contributed by atoms with E-state index in [4.69, 9.17) is 9.16 Å². The summed E-state index contributed by atoms with van der Waals surface area (Å²) in [4.78, 5) is 38.9. The average molecular weight is 477 g/mol. The highest BCUT2D eigenvalue weighted by molar-refractivity contribution is 6.74. The zero-order valence-corrected chi connectivity index (χ0v) is 21.6. The fraction of sp³-hybridized carbons (Fsp3) is 0.667. The molecule has 2 heterocycles. The number of nitro groups is 1. The normalized spacial score (nSPS) is 28.2. The topological polar surface area (TPSA) is 99.0 Å². The van der Waals surface area contributed by atoms with Crippen molar-refractivity contribution < 1.29 is 23.7 Å². The van der Waals surface area contributed by atoms with Crippen molar-refractivity contribution in [3.05, 3.63) is 46.0 Å². The molecule has 2 aliphatic rings. The number of ether oxygens (including phenoxy) is 1. The fourth-order valence-corrected chi connectivity index (χ4v) is 6.37. The van der Waals surface area contributed by atoms with Gasteiger partial charge in [-0.25, -0.2) is 4.79 Å². The number of carbonyl (C=O) groups excluding carboxylic acids is 2. The molecule has 0 aliphatic carbocycles. The van der Waals surface area contributed by atoms with Gasteiger partial charge in [0.15, 0.2) is 8.32 Å². The van der Waals surface area contributed by atoms with Crippen molar-refractivity contribution in [3.63, 3.8) is 0 Å². The van der Waals surface area contributed by atoms with E-state index in [0.717, 1.165) is 5.56 Å². The third kappa shape index (κ3) is 4.84. The second kappa shape index (κ2) is 9.17. The quantitative estimate of drug-likeness (QED) is 0.186. The summed E-state index contributed by atoms with van der Waals surface area (Å²) >= 11 is 0. The highest BCUT2D eigenvalue weighted by Crippen LogP contribution is 2.50. The molecule has 0 aromatic heterocycles. The molecule has 3 rings (SSSR count). The van der Waals surface area contributed by atoms with E-state index in [9.17, 15) is 19.7 Å². The van der Waals surface area contributed by atoms with E-state index in [1.54, 1.807) is 0 Å². The van der Waals surface area contributed by atoms with Crippen molar-refractivity contribution in [1.82, 2.24) is 4.90 Å². The Morgan fingerprint density at radius 1 is 1.24 bits per heavy atom. The molecule has 1 amide bonds. The molecule has 6 atom stereocenters. The minimum Gasteiger partial charge on any atom is -0.459 e. The molecule has 0 unspecified atom stereocenters. The lowest BCUT2D eigenvalue weighted by Crippen LogP contribution is -2.67. The van der Waals surface area contributed by atoms with Gasteiger partial charge in [-0.3, -0.25) is 14.9 Å². The van der Waals surface area contributed by atoms with Gasteiger partial charge in [-0.15, -0.1) is 0 Å². The van der Waals surface area contributed by atoms with E-state index >= 15 is 0 Å². The summed E-state index contributed by atoms with van der Waals surface area (Å²) in [6.45, 7) is 14.2. The van der Waals surface area contributed by atoms with Crippen LogP contribution in [-0.2, 0) is 25.4 Å². The Morgan fingerprint density at radius 3 is 2.39 bits per heavy atom. The number of fused-ring (bicyclic) bond motifs is 1. The number of esters is 1. The molecule has 1 aromatic rings. The molecule has 0 N–H and O–H groups in total. The third-order valence-corrected chi connectivity index (χ3v) is 12.3. The predicted molar refractivity (Wildman–Crippen MR) is 126 cm³/mol. The van der Waals surface area contributed by atoms with Crippen molar-refractivity contribution >= 4 is 20.2 Å². The lowest BCUT2D eigenvalue weighted by Gasteiger charge is -2.50. The molecule has 0 saturated carbocycles. The highest BCUT2D eigenvalue weighted by atomic mass is 28.4. The van der Waals surface area contributed by atoms with Crippen molar-refractivity contribution in [3.8, 4) is 0 Å². The Bertz CT molecular complexity index is 900. The number of hydrogen-bond acceptors (Lipinski definition) is 6. The standard InChI is InChI=1S/C24H36N2O6Si/c1-15-18(13-25(29)30)21(23(28)31-14-17-11-9-8-10-12-17)26-20(15)19(22(26)27)16(2)32-33(6,7)24(3,4)5/h8-12,15-16,18-21H,13-14H2,1-7H3/t15-,16+,18+,19+,20+,21-/m0/s1. The molecule has 2 saturated heterocycles. The number of benzene rings is 1. The van der Waals surface area contributed by atoms with Crippen LogP contribution < -0.4 is 0 Å². The molecule has 33 heavy (non-hydrogen) atoms. The Kier molecular flexibility index (Phi) is 7.05. The number of nitrogens with zero attached hydrogens (tertiary/aromatic N) is 2. The van der Waals surface area contributed by atoms with E-state index < -0.39 is 37.1 Å². The van der Waals surface area contributed by atoms with Crippen LogP contribution in [0.25, 0.3) is 0 Å². The number of β-lactam (4-membered cyclic amide) rings is 1. The van der Waals surface area contributed by atoms with E-state index in [0.29, 0.717) is 0 Å². The van der Waals surface area contributed by atoms with Crippen LogP contribution in [0.1, 0.15) is 40.2 Å². The summed E-state index contributed by atoms with van der Waals surface area (Å²) in [6, 6.07) is 8.03. The second-order valence-corrected chi connectivity index (χ2v) is 15.7. The van der Waals surface area contributed by atoms with Gasteiger partial charge in [0, 0.05) is 11.0 Å². The van der Waals surface area contributed by atoms with E-state index in [-0.39, 0.29) is 42.2 Å². The molecule has 2 aliphatic heterocycles. The molecule has 8 nitrogen and oxygen atoms in total. The highest BCUT2D eigenvalue weighted by Gasteiger charge is 2.66. The van der Waals surface area contributed by atoms with Crippen LogP contribution in [0.15, 0.2) is 30.3 Å². The Morgan fingerprint density at radius 2 is 1.85 bits per heavy atom. The van der Waals surface area contributed by atoms with Gasteiger partial charge in [0.2, 0.25) is 12.5 Å². The van der Waals surface area contributed by atoms with Gasteiger partial charge in [0.1, 0.15) is 12.6 Å². The van der Waals surface area contributed by atoms with Crippen LogP contribution in [0.4, 0.5) is 0 Å². The lowest BCUT2D eigenvalue weighted by atomic mass is 9.77. The molecule has 1 aromatic carbocycles. The molecule has 182 valence electrons. The summed E-state index contributed by atoms with van der Waals surface area (Å²) in [5.74, 6) is -1.97. The maximum atomic E-state index is 13.3. The maximum absolute atomic E-state index is 13.3. The molecule has 2 fully saturated rings. The number of carbonyl (C=O) groups is 2. The van der Waals surface area contributed by atoms with Crippen LogP contribution in [0.5, 0.6) is 0 Å². The molecule has 0 radical (unpaired) electrons. The third-order valence-electron chi connectivity index (χ3n) is 7.77. The average Bonchev–Trinajstić information content (AvgIpc) is 2.94. The fourth-order valence-electron chi connectivity index (χ4n) is 4.94. The first-order chi connectivity index (χ1) is 15.3. The summed E-state index contributed by atoms with van der Waals surface area (Å²) in [5.41, 5.74) is 0.823. The number of amides is 1. The summed E-state index contributed by atoms with van der Waals surface area (Å²) in [6.07, 6.45) is -0.322. The van der Waals surface area contributed by atoms with Gasteiger partial charge >= 0.3 is 5.97 Å². The van der Waals surface area contributed by atoms with Gasteiger partial charge in [-0.1, -0.05) is 58.0 Å². The monoisotopic (exact) mass is 476 g/mol. The van der Waals surface area contributed by atoms with Gasteiger partial charge in [0.05, 0.1) is 17.9 Å². The van der Waals surface area contributed by atoms with E-state index in [2.05, 4.69) is 33.9 Å². The van der Waals surface area contributed by atoms with Crippen LogP contribution in [-0.4, -0.2) is 54.7 Å². The summed E-state index contributed by atoms with van der Waals surface area (Å²) in [5, 5.41) is 11.4. The lowest BCUT2D eigenvalue weighted by molar-refractivity contribution is -0.489. The minimum absolute atomic E-state index is 0.00698. The van der Waals surface area contributed by atoms with Crippen LogP contribution in [0, 0.1) is 27.9 Å². The van der Waals surface area contributed by atoms with Crippen LogP contribution >= 0.6 is 0 Å². The molecule has 0 spiro atoms. The van der Waals surface area contributed by atoms with E-state index in [1.807, 2.05) is 44.2 Å². The molecular weight excluding hydrogens is 440 g/mol. The molecule has 9 heteroatoms. The molecule has 0 bridgehead atoms. The SMILES string of the molecule is C[C@H]1[C@@H](C[N+](=O)[O-])[C@@H](C(=O)OCc2ccccc2)N2C(=O)[C@H]([C@@H](C)O[Si](C)(C)C(C)(C)C)[C@@H]12.